The van der Waals surface area contributed by atoms with Crippen molar-refractivity contribution in [1.82, 2.24) is 9.78 Å². The van der Waals surface area contributed by atoms with Crippen LogP contribution in [0.25, 0.3) is 0 Å². The van der Waals surface area contributed by atoms with Gasteiger partial charge < -0.3 is 15.4 Å². The van der Waals surface area contributed by atoms with Crippen molar-refractivity contribution in [2.45, 2.75) is 33.4 Å². The Balaban J connectivity index is 2.13. The van der Waals surface area contributed by atoms with E-state index in [1.54, 1.807) is 24.7 Å². The average Bonchev–Trinajstić information content (AvgIpc) is 2.90. The molecule has 122 valence electrons. The summed E-state index contributed by atoms with van der Waals surface area (Å²) in [5.74, 6) is -0.475. The van der Waals surface area contributed by atoms with Crippen LogP contribution in [0.1, 0.15) is 31.3 Å². The second-order valence-corrected chi connectivity index (χ2v) is 5.55. The summed E-state index contributed by atoms with van der Waals surface area (Å²) in [4.78, 5) is 12.1. The lowest BCUT2D eigenvalue weighted by Crippen LogP contribution is -2.21. The van der Waals surface area contributed by atoms with Crippen LogP contribution in [0.2, 0.25) is 0 Å². The molecule has 1 aromatic heterocycles. The Kier molecular flexibility index (Phi) is 5.70. The molecule has 1 aromatic carbocycles. The van der Waals surface area contributed by atoms with Gasteiger partial charge in [0.25, 0.3) is 0 Å². The van der Waals surface area contributed by atoms with Crippen molar-refractivity contribution < 1.29 is 9.53 Å². The number of nitrogens with zero attached hydrogens (tertiary/aromatic N) is 2. The summed E-state index contributed by atoms with van der Waals surface area (Å²) < 4.78 is 6.87. The molecule has 0 radical (unpaired) electrons. The van der Waals surface area contributed by atoms with Gasteiger partial charge in [0.1, 0.15) is 0 Å². The van der Waals surface area contributed by atoms with E-state index in [2.05, 4.69) is 15.7 Å². The second kappa shape index (κ2) is 7.73. The minimum absolute atomic E-state index is 0.212. The molecule has 0 unspecified atom stereocenters. The lowest BCUT2D eigenvalue weighted by molar-refractivity contribution is 0.0371. The molecule has 2 N–H and O–H groups in total. The van der Waals surface area contributed by atoms with Gasteiger partial charge in [-0.05, 0) is 45.1 Å². The van der Waals surface area contributed by atoms with Crippen molar-refractivity contribution in [3.8, 4) is 0 Å². The number of hydrogen-bond acceptors (Lipinski definition) is 4. The SMILES string of the molecule is CCn1cc(NC(=S)Nc2ccccc2)c(C(=O)OC(C)C)n1. The first kappa shape index (κ1) is 17.0. The Bertz CT molecular complexity index is 683. The molecular weight excluding hydrogens is 312 g/mol. The van der Waals surface area contributed by atoms with Crippen LogP contribution < -0.4 is 10.6 Å². The van der Waals surface area contributed by atoms with Gasteiger partial charge >= 0.3 is 5.97 Å². The number of carbonyl (C=O) groups excluding carboxylic acids is 1. The van der Waals surface area contributed by atoms with E-state index in [1.807, 2.05) is 37.3 Å². The molecule has 2 rings (SSSR count). The maximum absolute atomic E-state index is 12.1. The molecule has 0 aliphatic heterocycles. The first-order valence-corrected chi connectivity index (χ1v) is 7.82. The zero-order valence-corrected chi connectivity index (χ0v) is 14.2. The number of ether oxygens (including phenoxy) is 1. The summed E-state index contributed by atoms with van der Waals surface area (Å²) in [7, 11) is 0. The Morgan fingerprint density at radius 1 is 1.30 bits per heavy atom. The summed E-state index contributed by atoms with van der Waals surface area (Å²) >= 11 is 5.29. The number of anilines is 2. The predicted octanol–water partition coefficient (Wildman–Crippen LogP) is 3.28. The van der Waals surface area contributed by atoms with E-state index in [-0.39, 0.29) is 11.8 Å². The van der Waals surface area contributed by atoms with Crippen LogP contribution in [0.4, 0.5) is 11.4 Å². The van der Waals surface area contributed by atoms with Crippen molar-refractivity contribution in [2.24, 2.45) is 0 Å². The van der Waals surface area contributed by atoms with Gasteiger partial charge in [0, 0.05) is 18.4 Å². The first-order chi connectivity index (χ1) is 11.0. The largest absolute Gasteiger partial charge is 0.458 e. The molecule has 0 aliphatic rings. The Labute approximate surface area is 140 Å². The fourth-order valence-electron chi connectivity index (χ4n) is 1.90. The third-order valence-corrected chi connectivity index (χ3v) is 3.11. The molecule has 2 aromatic rings. The summed E-state index contributed by atoms with van der Waals surface area (Å²) in [5.41, 5.74) is 1.60. The lowest BCUT2D eigenvalue weighted by atomic mass is 10.3. The molecule has 0 saturated carbocycles. The van der Waals surface area contributed by atoms with Crippen molar-refractivity contribution in [1.29, 1.82) is 0 Å². The topological polar surface area (TPSA) is 68.2 Å². The minimum Gasteiger partial charge on any atom is -0.458 e. The first-order valence-electron chi connectivity index (χ1n) is 7.41. The number of aromatic nitrogens is 2. The predicted molar refractivity (Wildman–Crippen MR) is 94.7 cm³/mol. The molecule has 23 heavy (non-hydrogen) atoms. The van der Waals surface area contributed by atoms with E-state index < -0.39 is 5.97 Å². The average molecular weight is 332 g/mol. The number of nitrogens with one attached hydrogen (secondary N) is 2. The van der Waals surface area contributed by atoms with Crippen molar-refractivity contribution >= 4 is 34.7 Å². The maximum atomic E-state index is 12.1. The van der Waals surface area contributed by atoms with Crippen LogP contribution in [-0.2, 0) is 11.3 Å². The summed E-state index contributed by atoms with van der Waals surface area (Å²) in [6.45, 7) is 6.17. The summed E-state index contributed by atoms with van der Waals surface area (Å²) in [6, 6.07) is 9.54. The minimum atomic E-state index is -0.475. The number of benzene rings is 1. The van der Waals surface area contributed by atoms with Gasteiger partial charge in [-0.25, -0.2) is 4.79 Å². The molecule has 7 heteroatoms. The van der Waals surface area contributed by atoms with Crippen molar-refractivity contribution in [3.63, 3.8) is 0 Å². The highest BCUT2D eigenvalue weighted by molar-refractivity contribution is 7.80. The van der Waals surface area contributed by atoms with Gasteiger partial charge in [-0.2, -0.15) is 5.10 Å². The third-order valence-electron chi connectivity index (χ3n) is 2.90. The molecule has 0 bridgehead atoms. The number of rotatable bonds is 5. The molecule has 6 nitrogen and oxygen atoms in total. The molecule has 1 heterocycles. The van der Waals surface area contributed by atoms with Crippen molar-refractivity contribution in [3.05, 3.63) is 42.2 Å². The van der Waals surface area contributed by atoms with E-state index in [1.165, 1.54) is 0 Å². The Morgan fingerprint density at radius 3 is 2.61 bits per heavy atom. The maximum Gasteiger partial charge on any atom is 0.361 e. The van der Waals surface area contributed by atoms with E-state index in [4.69, 9.17) is 17.0 Å². The van der Waals surface area contributed by atoms with Crippen molar-refractivity contribution in [2.75, 3.05) is 10.6 Å². The molecule has 0 fully saturated rings. The van der Waals surface area contributed by atoms with Crippen LogP contribution in [0.15, 0.2) is 36.5 Å². The van der Waals surface area contributed by atoms with Crippen LogP contribution >= 0.6 is 12.2 Å². The molecule has 0 amide bonds. The quantitative estimate of drug-likeness (QED) is 0.647. The zero-order chi connectivity index (χ0) is 16.8. The number of hydrogen-bond donors (Lipinski definition) is 2. The van der Waals surface area contributed by atoms with Crippen LogP contribution in [-0.4, -0.2) is 27.0 Å². The molecule has 0 atom stereocenters. The van der Waals surface area contributed by atoms with Crippen LogP contribution in [0, 0.1) is 0 Å². The van der Waals surface area contributed by atoms with E-state index in [0.717, 1.165) is 5.69 Å². The van der Waals surface area contributed by atoms with Gasteiger partial charge in [-0.15, -0.1) is 0 Å². The monoisotopic (exact) mass is 332 g/mol. The van der Waals surface area contributed by atoms with Gasteiger partial charge in [-0.1, -0.05) is 18.2 Å². The fourth-order valence-corrected chi connectivity index (χ4v) is 2.13. The van der Waals surface area contributed by atoms with Gasteiger partial charge in [-0.3, -0.25) is 4.68 Å². The fraction of sp³-hybridized carbons (Fsp3) is 0.312. The van der Waals surface area contributed by atoms with Gasteiger partial charge in [0.05, 0.1) is 11.8 Å². The normalized spacial score (nSPS) is 10.4. The highest BCUT2D eigenvalue weighted by atomic mass is 32.1. The standard InChI is InChI=1S/C16H20N4O2S/c1-4-20-10-13(14(19-20)15(21)22-11(2)3)18-16(23)17-12-8-6-5-7-9-12/h5-11H,4H2,1-3H3,(H2,17,18,23). The number of para-hydroxylation sites is 1. The molecule has 0 saturated heterocycles. The zero-order valence-electron chi connectivity index (χ0n) is 13.4. The Hall–Kier alpha value is -2.41. The van der Waals surface area contributed by atoms with Crippen LogP contribution in [0.3, 0.4) is 0 Å². The van der Waals surface area contributed by atoms with Gasteiger partial charge in [0.15, 0.2) is 10.8 Å². The second-order valence-electron chi connectivity index (χ2n) is 5.15. The highest BCUT2D eigenvalue weighted by Crippen LogP contribution is 2.17. The van der Waals surface area contributed by atoms with Gasteiger partial charge in [0.2, 0.25) is 0 Å². The Morgan fingerprint density at radius 2 is 2.00 bits per heavy atom. The third kappa shape index (κ3) is 4.79. The highest BCUT2D eigenvalue weighted by Gasteiger charge is 2.20. The van der Waals surface area contributed by atoms with E-state index in [0.29, 0.717) is 17.3 Å². The number of esters is 1. The summed E-state index contributed by atoms with van der Waals surface area (Å²) in [6.07, 6.45) is 1.52. The van der Waals surface area contributed by atoms with E-state index in [9.17, 15) is 4.79 Å². The molecule has 0 aliphatic carbocycles. The number of thiocarbonyl (C=S) groups is 1. The molecular formula is C16H20N4O2S. The number of aryl methyl sites for hydroxylation is 1. The lowest BCUT2D eigenvalue weighted by Gasteiger charge is -2.11. The summed E-state index contributed by atoms with van der Waals surface area (Å²) in [5, 5.41) is 10.7. The number of carbonyl (C=O) groups is 1. The van der Waals surface area contributed by atoms with E-state index >= 15 is 0 Å². The smallest absolute Gasteiger partial charge is 0.361 e. The van der Waals surface area contributed by atoms with Crippen LogP contribution in [0.5, 0.6) is 0 Å². The molecule has 0 spiro atoms.